The summed E-state index contributed by atoms with van der Waals surface area (Å²) in [6, 6.07) is 0.301. The molecule has 0 bridgehead atoms. The first-order chi connectivity index (χ1) is 6.59. The highest BCUT2D eigenvalue weighted by Gasteiger charge is 2.31. The molecule has 1 unspecified atom stereocenters. The lowest BCUT2D eigenvalue weighted by molar-refractivity contribution is -0.138. The van der Waals surface area contributed by atoms with E-state index in [9.17, 15) is 4.79 Å². The predicted octanol–water partition coefficient (Wildman–Crippen LogP) is 1.58. The van der Waals surface area contributed by atoms with Crippen LogP contribution in [0.4, 0.5) is 0 Å². The third-order valence-corrected chi connectivity index (χ3v) is 2.70. The molecular weight excluding hydrogens is 180 g/mol. The van der Waals surface area contributed by atoms with Gasteiger partial charge in [-0.25, -0.2) is 0 Å². The largest absolute Gasteiger partial charge is 0.481 e. The van der Waals surface area contributed by atoms with Crippen LogP contribution in [-0.2, 0) is 11.2 Å². The van der Waals surface area contributed by atoms with Crippen molar-refractivity contribution in [2.45, 2.75) is 38.6 Å². The Bertz CT molecular complexity index is 368. The first kappa shape index (κ1) is 9.24. The van der Waals surface area contributed by atoms with Crippen LogP contribution in [0.1, 0.15) is 43.5 Å². The second-order valence-electron chi connectivity index (χ2n) is 4.04. The molecule has 0 spiro atoms. The molecule has 2 rings (SSSR count). The van der Waals surface area contributed by atoms with E-state index in [1.165, 1.54) is 0 Å². The van der Waals surface area contributed by atoms with E-state index in [0.717, 1.165) is 17.7 Å². The minimum absolute atomic E-state index is 0.301. The van der Waals surface area contributed by atoms with Crippen molar-refractivity contribution in [1.29, 1.82) is 0 Å². The standard InChI is InChI=1S/C10H14N2O2/c1-6(2)12-5-7-3-4-8(10(13)14)9(7)11-12/h5-6,8H,3-4H2,1-2H3,(H,13,14). The molecule has 4 nitrogen and oxygen atoms in total. The molecule has 0 radical (unpaired) electrons. The third kappa shape index (κ3) is 1.31. The maximum absolute atomic E-state index is 10.9. The maximum atomic E-state index is 10.9. The highest BCUT2D eigenvalue weighted by molar-refractivity contribution is 5.76. The molecule has 0 fully saturated rings. The number of hydrogen-bond donors (Lipinski definition) is 1. The first-order valence-electron chi connectivity index (χ1n) is 4.90. The molecule has 0 saturated carbocycles. The zero-order valence-electron chi connectivity index (χ0n) is 8.40. The summed E-state index contributed by atoms with van der Waals surface area (Å²) in [6.07, 6.45) is 3.52. The van der Waals surface area contributed by atoms with Gasteiger partial charge in [-0.3, -0.25) is 9.48 Å². The van der Waals surface area contributed by atoms with Crippen LogP contribution in [0.3, 0.4) is 0 Å². The monoisotopic (exact) mass is 194 g/mol. The number of carboxylic acids is 1. The van der Waals surface area contributed by atoms with Gasteiger partial charge >= 0.3 is 5.97 Å². The van der Waals surface area contributed by atoms with E-state index in [2.05, 4.69) is 5.10 Å². The lowest BCUT2D eigenvalue weighted by atomic mass is 10.1. The second-order valence-corrected chi connectivity index (χ2v) is 4.04. The van der Waals surface area contributed by atoms with Gasteiger partial charge in [0.05, 0.1) is 5.69 Å². The van der Waals surface area contributed by atoms with Crippen LogP contribution in [0.15, 0.2) is 6.20 Å². The van der Waals surface area contributed by atoms with Crippen molar-refractivity contribution >= 4 is 5.97 Å². The van der Waals surface area contributed by atoms with E-state index in [0.29, 0.717) is 12.5 Å². The summed E-state index contributed by atoms with van der Waals surface area (Å²) in [4.78, 5) is 10.9. The predicted molar refractivity (Wildman–Crippen MR) is 51.3 cm³/mol. The molecule has 0 saturated heterocycles. The van der Waals surface area contributed by atoms with Gasteiger partial charge in [0.15, 0.2) is 0 Å². The third-order valence-electron chi connectivity index (χ3n) is 2.70. The van der Waals surface area contributed by atoms with Gasteiger partial charge in [-0.05, 0) is 32.3 Å². The molecule has 1 aromatic rings. The van der Waals surface area contributed by atoms with Crippen LogP contribution in [0.2, 0.25) is 0 Å². The number of fused-ring (bicyclic) bond motifs is 1. The van der Waals surface area contributed by atoms with Gasteiger partial charge in [0.2, 0.25) is 0 Å². The van der Waals surface area contributed by atoms with Crippen molar-refractivity contribution in [3.05, 3.63) is 17.5 Å². The van der Waals surface area contributed by atoms with Crippen molar-refractivity contribution in [3.63, 3.8) is 0 Å². The van der Waals surface area contributed by atoms with Crippen LogP contribution >= 0.6 is 0 Å². The number of aryl methyl sites for hydroxylation is 1. The summed E-state index contributed by atoms with van der Waals surface area (Å²) >= 11 is 0. The quantitative estimate of drug-likeness (QED) is 0.777. The number of aliphatic carboxylic acids is 1. The normalized spacial score (nSPS) is 20.1. The van der Waals surface area contributed by atoms with Crippen LogP contribution in [0, 0.1) is 0 Å². The topological polar surface area (TPSA) is 55.1 Å². The highest BCUT2D eigenvalue weighted by Crippen LogP contribution is 2.32. The van der Waals surface area contributed by atoms with Crippen molar-refractivity contribution < 1.29 is 9.90 Å². The van der Waals surface area contributed by atoms with E-state index in [-0.39, 0.29) is 5.92 Å². The van der Waals surface area contributed by atoms with E-state index in [4.69, 9.17) is 5.11 Å². The molecule has 1 N–H and O–H groups in total. The van der Waals surface area contributed by atoms with Crippen LogP contribution < -0.4 is 0 Å². The van der Waals surface area contributed by atoms with E-state index < -0.39 is 5.97 Å². The molecule has 1 aromatic heterocycles. The van der Waals surface area contributed by atoms with Gasteiger partial charge in [-0.1, -0.05) is 0 Å². The smallest absolute Gasteiger partial charge is 0.312 e. The van der Waals surface area contributed by atoms with E-state index in [1.807, 2.05) is 24.7 Å². The van der Waals surface area contributed by atoms with Crippen molar-refractivity contribution in [2.24, 2.45) is 0 Å². The van der Waals surface area contributed by atoms with Crippen LogP contribution in [0.25, 0.3) is 0 Å². The summed E-state index contributed by atoms with van der Waals surface area (Å²) in [5.74, 6) is -1.14. The zero-order valence-corrected chi connectivity index (χ0v) is 8.40. The van der Waals surface area contributed by atoms with Crippen LogP contribution in [-0.4, -0.2) is 20.9 Å². The second kappa shape index (κ2) is 3.12. The van der Waals surface area contributed by atoms with E-state index in [1.54, 1.807) is 0 Å². The lowest BCUT2D eigenvalue weighted by Crippen LogP contribution is -2.10. The minimum atomic E-state index is -0.752. The Morgan fingerprint density at radius 2 is 2.43 bits per heavy atom. The van der Waals surface area contributed by atoms with Gasteiger partial charge in [0.25, 0.3) is 0 Å². The molecule has 0 amide bonds. The Balaban J connectivity index is 2.35. The van der Waals surface area contributed by atoms with Crippen molar-refractivity contribution in [2.75, 3.05) is 0 Å². The van der Waals surface area contributed by atoms with Gasteiger partial charge in [0, 0.05) is 12.2 Å². The molecular formula is C10H14N2O2. The summed E-state index contributed by atoms with van der Waals surface area (Å²) < 4.78 is 1.85. The Morgan fingerprint density at radius 1 is 1.71 bits per heavy atom. The number of nitrogens with zero attached hydrogens (tertiary/aromatic N) is 2. The molecule has 14 heavy (non-hydrogen) atoms. The molecule has 1 aliphatic carbocycles. The molecule has 0 aromatic carbocycles. The number of carbonyl (C=O) groups is 1. The van der Waals surface area contributed by atoms with Crippen molar-refractivity contribution in [3.8, 4) is 0 Å². The maximum Gasteiger partial charge on any atom is 0.312 e. The molecule has 0 aliphatic heterocycles. The molecule has 1 aliphatic rings. The molecule has 76 valence electrons. The summed E-state index contributed by atoms with van der Waals surface area (Å²) in [7, 11) is 0. The van der Waals surface area contributed by atoms with E-state index >= 15 is 0 Å². The fourth-order valence-electron chi connectivity index (χ4n) is 1.87. The van der Waals surface area contributed by atoms with Gasteiger partial charge in [-0.2, -0.15) is 5.10 Å². The average molecular weight is 194 g/mol. The Labute approximate surface area is 82.5 Å². The fraction of sp³-hybridized carbons (Fsp3) is 0.600. The average Bonchev–Trinajstić information content (AvgIpc) is 2.58. The summed E-state index contributed by atoms with van der Waals surface area (Å²) in [6.45, 7) is 4.08. The van der Waals surface area contributed by atoms with Crippen molar-refractivity contribution in [1.82, 2.24) is 9.78 Å². The lowest BCUT2D eigenvalue weighted by Gasteiger charge is -2.06. The highest BCUT2D eigenvalue weighted by atomic mass is 16.4. The van der Waals surface area contributed by atoms with Gasteiger partial charge in [-0.15, -0.1) is 0 Å². The Hall–Kier alpha value is -1.32. The minimum Gasteiger partial charge on any atom is -0.481 e. The molecule has 1 heterocycles. The molecule has 4 heteroatoms. The van der Waals surface area contributed by atoms with Crippen LogP contribution in [0.5, 0.6) is 0 Å². The SMILES string of the molecule is CC(C)n1cc2c(n1)C(C(=O)O)CC2. The Kier molecular flexibility index (Phi) is 2.06. The number of carboxylic acid groups (broad SMARTS) is 1. The van der Waals surface area contributed by atoms with Gasteiger partial charge < -0.3 is 5.11 Å². The number of rotatable bonds is 2. The number of aromatic nitrogens is 2. The van der Waals surface area contributed by atoms with Gasteiger partial charge in [0.1, 0.15) is 5.92 Å². The zero-order chi connectivity index (χ0) is 10.3. The fourth-order valence-corrected chi connectivity index (χ4v) is 1.87. The summed E-state index contributed by atoms with van der Waals surface area (Å²) in [5.41, 5.74) is 1.87. The number of hydrogen-bond acceptors (Lipinski definition) is 2. The summed E-state index contributed by atoms with van der Waals surface area (Å²) in [5, 5.41) is 13.3. The molecule has 1 atom stereocenters. The first-order valence-corrected chi connectivity index (χ1v) is 4.90. The Morgan fingerprint density at radius 3 is 3.00 bits per heavy atom.